The molecule has 0 saturated heterocycles. The summed E-state index contributed by atoms with van der Waals surface area (Å²) in [5.74, 6) is 3.09. The van der Waals surface area contributed by atoms with Crippen LogP contribution in [0, 0.1) is 0 Å². The molecule has 2 N–H and O–H groups in total. The van der Waals surface area contributed by atoms with E-state index in [4.69, 9.17) is 21.8 Å². The highest BCUT2D eigenvalue weighted by atomic mass is 35.5. The Morgan fingerprint density at radius 2 is 1.83 bits per heavy atom. The van der Waals surface area contributed by atoms with Crippen molar-refractivity contribution in [3.05, 3.63) is 0 Å². The fraction of sp³-hybridized carbons (Fsp3) is 1.00. The minimum absolute atomic E-state index is 0.211. The van der Waals surface area contributed by atoms with Gasteiger partial charge in [0.05, 0.1) is 13.2 Å². The first-order valence-corrected chi connectivity index (χ1v) is 6.56. The molecule has 0 rings (SSSR count). The Morgan fingerprint density at radius 3 is 2.33 bits per heavy atom. The Hall–Kier alpha value is 0.910. The monoisotopic (exact) mass is 230 g/mol. The maximum Gasteiger partial charge on any atom is 0.0521 e. The van der Waals surface area contributed by atoms with E-state index in [2.05, 4.69) is 0 Å². The van der Waals surface area contributed by atoms with Crippen LogP contribution in [0.15, 0.2) is 0 Å². The predicted octanol–water partition coefficient (Wildman–Crippen LogP) is 1.04. The number of hydrogen-bond acceptors (Lipinski definition) is 4. The van der Waals surface area contributed by atoms with E-state index < -0.39 is 0 Å². The van der Waals surface area contributed by atoms with Crippen LogP contribution in [0.2, 0.25) is 0 Å². The van der Waals surface area contributed by atoms with Gasteiger partial charge >= 0.3 is 0 Å². The van der Waals surface area contributed by atoms with Crippen LogP contribution in [0.5, 0.6) is 0 Å². The average Bonchev–Trinajstić information content (AvgIpc) is 2.11. The molecule has 0 aliphatic carbocycles. The number of rotatable bonds is 8. The van der Waals surface area contributed by atoms with Crippen molar-refractivity contribution in [1.29, 1.82) is 0 Å². The first-order chi connectivity index (χ1) is 5.85. The minimum atomic E-state index is 0.211. The lowest BCUT2D eigenvalue weighted by Crippen LogP contribution is -2.11. The third kappa shape index (κ3) is 7.55. The van der Waals surface area contributed by atoms with E-state index in [-0.39, 0.29) is 13.2 Å². The summed E-state index contributed by atoms with van der Waals surface area (Å²) in [6.45, 7) is 0.438. The normalized spacial score (nSPS) is 13.2. The summed E-state index contributed by atoms with van der Waals surface area (Å²) < 4.78 is 0. The molecule has 1 unspecified atom stereocenters. The van der Waals surface area contributed by atoms with Gasteiger partial charge in [0.2, 0.25) is 0 Å². The van der Waals surface area contributed by atoms with Gasteiger partial charge in [0, 0.05) is 28.4 Å². The second-order valence-corrected chi connectivity index (χ2v) is 5.04. The molecule has 2 nitrogen and oxygen atoms in total. The van der Waals surface area contributed by atoms with Crippen LogP contribution in [-0.4, -0.2) is 51.8 Å². The summed E-state index contributed by atoms with van der Waals surface area (Å²) >= 11 is 9.09. The summed E-state index contributed by atoms with van der Waals surface area (Å²) in [6, 6.07) is 0. The third-order valence-electron chi connectivity index (χ3n) is 1.16. The Bertz CT molecular complexity index is 95.5. The molecule has 0 aromatic carbocycles. The summed E-state index contributed by atoms with van der Waals surface area (Å²) in [5.41, 5.74) is 0. The van der Waals surface area contributed by atoms with Crippen molar-refractivity contribution >= 4 is 35.1 Å². The quantitative estimate of drug-likeness (QED) is 0.483. The van der Waals surface area contributed by atoms with Crippen LogP contribution in [0.1, 0.15) is 0 Å². The van der Waals surface area contributed by atoms with E-state index in [1.165, 1.54) is 0 Å². The number of aliphatic hydroxyl groups excluding tert-OH is 2. The largest absolute Gasteiger partial charge is 0.396 e. The van der Waals surface area contributed by atoms with Gasteiger partial charge in [0.25, 0.3) is 0 Å². The van der Waals surface area contributed by atoms with E-state index >= 15 is 0 Å². The zero-order chi connectivity index (χ0) is 9.23. The Labute approximate surface area is 87.1 Å². The standard InChI is InChI=1S/C7H15ClO2S2/c8-5-7(12-4-2-10)6-11-3-1-9/h7,9-10H,1-6H2. The first-order valence-electron chi connectivity index (χ1n) is 3.82. The Kier molecular flexibility index (Phi) is 10.8. The second kappa shape index (κ2) is 9.99. The maximum atomic E-state index is 8.57. The molecular weight excluding hydrogens is 216 g/mol. The maximum absolute atomic E-state index is 8.57. The molecule has 0 bridgehead atoms. The Balaban J connectivity index is 3.26. The number of aliphatic hydroxyl groups is 2. The molecule has 0 heterocycles. The molecule has 0 spiro atoms. The number of halogens is 1. The molecule has 0 aliphatic rings. The van der Waals surface area contributed by atoms with E-state index in [9.17, 15) is 0 Å². The summed E-state index contributed by atoms with van der Waals surface area (Å²) in [5, 5.41) is 17.5. The molecule has 5 heteroatoms. The van der Waals surface area contributed by atoms with Crippen molar-refractivity contribution in [3.63, 3.8) is 0 Å². The van der Waals surface area contributed by atoms with Gasteiger partial charge in [-0.25, -0.2) is 0 Å². The van der Waals surface area contributed by atoms with Crippen LogP contribution in [0.4, 0.5) is 0 Å². The second-order valence-electron chi connectivity index (χ2n) is 2.17. The van der Waals surface area contributed by atoms with Crippen molar-refractivity contribution in [3.8, 4) is 0 Å². The van der Waals surface area contributed by atoms with Crippen molar-refractivity contribution < 1.29 is 10.2 Å². The van der Waals surface area contributed by atoms with Crippen molar-refractivity contribution in [1.82, 2.24) is 0 Å². The molecule has 0 aromatic rings. The fourth-order valence-electron chi connectivity index (χ4n) is 0.636. The highest BCUT2D eigenvalue weighted by Crippen LogP contribution is 2.17. The topological polar surface area (TPSA) is 40.5 Å². The van der Waals surface area contributed by atoms with E-state index in [0.29, 0.717) is 11.1 Å². The first kappa shape index (κ1) is 12.9. The van der Waals surface area contributed by atoms with Crippen LogP contribution in [0.25, 0.3) is 0 Å². The lowest BCUT2D eigenvalue weighted by Gasteiger charge is -2.11. The van der Waals surface area contributed by atoms with Crippen LogP contribution >= 0.6 is 35.1 Å². The SMILES string of the molecule is OCCSCC(CCl)SCCO. The van der Waals surface area contributed by atoms with E-state index in [1.54, 1.807) is 23.5 Å². The molecule has 0 radical (unpaired) electrons. The lowest BCUT2D eigenvalue weighted by molar-refractivity contribution is 0.322. The van der Waals surface area contributed by atoms with Gasteiger partial charge in [0.1, 0.15) is 0 Å². The molecule has 0 amide bonds. The third-order valence-corrected chi connectivity index (χ3v) is 4.26. The molecule has 0 saturated carbocycles. The number of alkyl halides is 1. The van der Waals surface area contributed by atoms with Crippen LogP contribution in [-0.2, 0) is 0 Å². The van der Waals surface area contributed by atoms with Gasteiger partial charge in [-0.2, -0.15) is 23.5 Å². The molecule has 0 fully saturated rings. The predicted molar refractivity (Wildman–Crippen MR) is 58.5 cm³/mol. The van der Waals surface area contributed by atoms with Crippen LogP contribution < -0.4 is 0 Å². The fourth-order valence-corrected chi connectivity index (χ4v) is 3.02. The van der Waals surface area contributed by atoms with E-state index in [1.807, 2.05) is 0 Å². The van der Waals surface area contributed by atoms with Gasteiger partial charge in [-0.15, -0.1) is 11.6 Å². The molecular formula is C7H15ClO2S2. The van der Waals surface area contributed by atoms with Gasteiger partial charge in [0.15, 0.2) is 0 Å². The summed E-state index contributed by atoms with van der Waals surface area (Å²) in [7, 11) is 0. The van der Waals surface area contributed by atoms with Crippen molar-refractivity contribution in [2.75, 3.05) is 36.4 Å². The highest BCUT2D eigenvalue weighted by Gasteiger charge is 2.06. The zero-order valence-electron chi connectivity index (χ0n) is 6.91. The summed E-state index contributed by atoms with van der Waals surface area (Å²) in [4.78, 5) is 0. The highest BCUT2D eigenvalue weighted by molar-refractivity contribution is 8.03. The Morgan fingerprint density at radius 1 is 1.17 bits per heavy atom. The molecule has 0 aliphatic heterocycles. The number of hydrogen-bond donors (Lipinski definition) is 2. The minimum Gasteiger partial charge on any atom is -0.396 e. The van der Waals surface area contributed by atoms with Gasteiger partial charge in [-0.1, -0.05) is 0 Å². The van der Waals surface area contributed by atoms with Gasteiger partial charge < -0.3 is 10.2 Å². The number of thioether (sulfide) groups is 2. The molecule has 12 heavy (non-hydrogen) atoms. The zero-order valence-corrected chi connectivity index (χ0v) is 9.30. The van der Waals surface area contributed by atoms with E-state index in [0.717, 1.165) is 17.3 Å². The summed E-state index contributed by atoms with van der Waals surface area (Å²) in [6.07, 6.45) is 0. The molecule has 0 aromatic heterocycles. The smallest absolute Gasteiger partial charge is 0.0521 e. The van der Waals surface area contributed by atoms with Crippen LogP contribution in [0.3, 0.4) is 0 Å². The lowest BCUT2D eigenvalue weighted by atomic mass is 10.5. The molecule has 1 atom stereocenters. The van der Waals surface area contributed by atoms with Gasteiger partial charge in [-0.05, 0) is 0 Å². The average molecular weight is 231 g/mol. The van der Waals surface area contributed by atoms with Crippen molar-refractivity contribution in [2.45, 2.75) is 5.25 Å². The van der Waals surface area contributed by atoms with Crippen molar-refractivity contribution in [2.24, 2.45) is 0 Å². The molecule has 74 valence electrons. The van der Waals surface area contributed by atoms with Gasteiger partial charge in [-0.3, -0.25) is 0 Å².